The predicted molar refractivity (Wildman–Crippen MR) is 118 cm³/mol. The highest BCUT2D eigenvalue weighted by molar-refractivity contribution is 6.08. The fourth-order valence-corrected chi connectivity index (χ4v) is 3.83. The van der Waals surface area contributed by atoms with Gasteiger partial charge in [0.25, 0.3) is 0 Å². The van der Waals surface area contributed by atoms with Gasteiger partial charge in [-0.15, -0.1) is 0 Å². The lowest BCUT2D eigenvalue weighted by molar-refractivity contribution is -0.135. The number of hydrogen-bond acceptors (Lipinski definition) is 6. The van der Waals surface area contributed by atoms with E-state index >= 15 is 0 Å². The molecule has 1 aromatic heterocycles. The minimum absolute atomic E-state index is 0.209. The molecule has 0 spiro atoms. The molecule has 32 heavy (non-hydrogen) atoms. The summed E-state index contributed by atoms with van der Waals surface area (Å²) in [5.74, 6) is -1.37. The number of ether oxygens (including phenoxy) is 1. The Labute approximate surface area is 185 Å². The van der Waals surface area contributed by atoms with Crippen LogP contribution in [0, 0.1) is 12.8 Å². The van der Waals surface area contributed by atoms with Crippen molar-refractivity contribution in [2.45, 2.75) is 19.4 Å². The van der Waals surface area contributed by atoms with Crippen molar-refractivity contribution in [1.82, 2.24) is 14.9 Å². The summed E-state index contributed by atoms with van der Waals surface area (Å²) in [6, 6.07) is 14.5. The van der Waals surface area contributed by atoms with Gasteiger partial charge in [-0.3, -0.25) is 9.59 Å². The number of nitrogens with one attached hydrogen (secondary N) is 1. The molecule has 1 saturated heterocycles. The molecule has 164 valence electrons. The van der Waals surface area contributed by atoms with E-state index in [1.165, 1.54) is 0 Å². The highest BCUT2D eigenvalue weighted by Crippen LogP contribution is 2.36. The molecule has 4 rings (SSSR count). The van der Waals surface area contributed by atoms with Gasteiger partial charge in [-0.25, -0.2) is 9.97 Å². The van der Waals surface area contributed by atoms with Crippen molar-refractivity contribution in [2.75, 3.05) is 18.9 Å². The molecule has 2 heterocycles. The Balaban J connectivity index is 1.58. The van der Waals surface area contributed by atoms with Gasteiger partial charge in [0, 0.05) is 43.2 Å². The monoisotopic (exact) mass is 432 g/mol. The Morgan fingerprint density at radius 1 is 1.19 bits per heavy atom. The number of aromatic nitrogens is 2. The van der Waals surface area contributed by atoms with Crippen LogP contribution in [-0.4, -0.2) is 45.4 Å². The molecule has 1 fully saturated rings. The molecular formula is C24H24N4O4. The maximum absolute atomic E-state index is 13.1. The predicted octanol–water partition coefficient (Wildman–Crippen LogP) is 2.88. The highest BCUT2D eigenvalue weighted by atomic mass is 16.5. The van der Waals surface area contributed by atoms with E-state index in [9.17, 15) is 14.7 Å². The molecule has 1 aliphatic heterocycles. The molecule has 8 nitrogen and oxygen atoms in total. The van der Waals surface area contributed by atoms with Crippen LogP contribution in [0.25, 0.3) is 0 Å². The smallest absolute Gasteiger partial charge is 0.321 e. The molecule has 2 N–H and O–H groups in total. The minimum atomic E-state index is -0.891. The summed E-state index contributed by atoms with van der Waals surface area (Å²) in [4.78, 5) is 35.8. The summed E-state index contributed by atoms with van der Waals surface area (Å²) in [5.41, 5.74) is 2.82. The zero-order valence-electron chi connectivity index (χ0n) is 17.9. The number of likely N-dealkylation sites (N-methyl/N-ethyl adjacent to an activating group) is 1. The number of carbonyl (C=O) groups is 2. The van der Waals surface area contributed by atoms with Crippen LogP contribution in [0.4, 0.5) is 5.69 Å². The standard InChI is InChI=1S/C24H24N4O4/c1-15-11-25-24(26-12-15)32-18-8-5-7-16(10-18)19-13-28(2)23(31)21(19)22(30)27-20-9-4-3-6-17(20)14-29/h3-12,19,21,29H,13-14H2,1-2H3,(H,27,30)/t19-,21+/m1/s1. The second kappa shape index (κ2) is 9.15. The molecule has 0 bridgehead atoms. The van der Waals surface area contributed by atoms with Gasteiger partial charge in [-0.1, -0.05) is 30.3 Å². The number of rotatable bonds is 6. The molecule has 8 heteroatoms. The van der Waals surface area contributed by atoms with E-state index in [1.54, 1.807) is 54.7 Å². The molecule has 0 saturated carbocycles. The van der Waals surface area contributed by atoms with Crippen molar-refractivity contribution in [3.05, 3.63) is 77.6 Å². The number of hydrogen-bond donors (Lipinski definition) is 2. The number of nitrogens with zero attached hydrogens (tertiary/aromatic N) is 3. The van der Waals surface area contributed by atoms with Crippen molar-refractivity contribution in [3.8, 4) is 11.8 Å². The van der Waals surface area contributed by atoms with Crippen LogP contribution < -0.4 is 10.1 Å². The highest BCUT2D eigenvalue weighted by Gasteiger charge is 2.44. The van der Waals surface area contributed by atoms with E-state index in [4.69, 9.17) is 4.74 Å². The van der Waals surface area contributed by atoms with Crippen LogP contribution in [0.5, 0.6) is 11.8 Å². The van der Waals surface area contributed by atoms with Crippen LogP contribution in [0.2, 0.25) is 0 Å². The number of amides is 2. The van der Waals surface area contributed by atoms with Gasteiger partial charge in [0.05, 0.1) is 6.61 Å². The minimum Gasteiger partial charge on any atom is -0.424 e. The Morgan fingerprint density at radius 3 is 2.69 bits per heavy atom. The van der Waals surface area contributed by atoms with Gasteiger partial charge in [0.1, 0.15) is 11.7 Å². The first-order valence-corrected chi connectivity index (χ1v) is 10.3. The van der Waals surface area contributed by atoms with Crippen LogP contribution in [-0.2, 0) is 16.2 Å². The number of para-hydroxylation sites is 1. The van der Waals surface area contributed by atoms with E-state index in [0.29, 0.717) is 23.5 Å². The number of carbonyl (C=O) groups excluding carboxylic acids is 2. The van der Waals surface area contributed by atoms with Crippen LogP contribution in [0.3, 0.4) is 0 Å². The number of likely N-dealkylation sites (tertiary alicyclic amines) is 1. The lowest BCUT2D eigenvalue weighted by Crippen LogP contribution is -2.33. The van der Waals surface area contributed by atoms with Gasteiger partial charge in [0.15, 0.2) is 0 Å². The van der Waals surface area contributed by atoms with Crippen LogP contribution in [0.15, 0.2) is 60.9 Å². The molecule has 0 unspecified atom stereocenters. The summed E-state index contributed by atoms with van der Waals surface area (Å²) in [7, 11) is 1.69. The van der Waals surface area contributed by atoms with Crippen molar-refractivity contribution >= 4 is 17.5 Å². The summed E-state index contributed by atoms with van der Waals surface area (Å²) in [6.07, 6.45) is 3.34. The Hall–Kier alpha value is -3.78. The average Bonchev–Trinajstić information content (AvgIpc) is 3.10. The van der Waals surface area contributed by atoms with Crippen molar-refractivity contribution in [1.29, 1.82) is 0 Å². The third-order valence-electron chi connectivity index (χ3n) is 5.50. The third-order valence-corrected chi connectivity index (χ3v) is 5.50. The summed E-state index contributed by atoms with van der Waals surface area (Å²) in [6.45, 7) is 2.09. The zero-order valence-corrected chi connectivity index (χ0v) is 17.9. The lowest BCUT2D eigenvalue weighted by atomic mass is 9.87. The largest absolute Gasteiger partial charge is 0.424 e. The first-order valence-electron chi connectivity index (χ1n) is 10.3. The maximum Gasteiger partial charge on any atom is 0.321 e. The van der Waals surface area contributed by atoms with E-state index < -0.39 is 11.8 Å². The van der Waals surface area contributed by atoms with E-state index in [2.05, 4.69) is 15.3 Å². The Bertz CT molecular complexity index is 1130. The summed E-state index contributed by atoms with van der Waals surface area (Å²) in [5, 5.41) is 12.4. The topological polar surface area (TPSA) is 105 Å². The molecule has 0 radical (unpaired) electrons. The van der Waals surface area contributed by atoms with Gasteiger partial charge in [-0.2, -0.15) is 0 Å². The van der Waals surface area contributed by atoms with Gasteiger partial charge < -0.3 is 20.1 Å². The number of aliphatic hydroxyl groups excluding tert-OH is 1. The van der Waals surface area contributed by atoms with Crippen LogP contribution >= 0.6 is 0 Å². The fourth-order valence-electron chi connectivity index (χ4n) is 3.83. The number of benzene rings is 2. The SMILES string of the molecule is Cc1cnc(Oc2cccc([C@H]3CN(C)C(=O)[C@@H]3C(=O)Nc3ccccc3CO)c2)nc1. The number of aliphatic hydroxyl groups is 1. The first-order chi connectivity index (χ1) is 15.5. The second-order valence-electron chi connectivity index (χ2n) is 7.82. The third kappa shape index (κ3) is 4.45. The average molecular weight is 432 g/mol. The molecule has 2 atom stereocenters. The van der Waals surface area contributed by atoms with Crippen molar-refractivity contribution in [2.24, 2.45) is 5.92 Å². The van der Waals surface area contributed by atoms with E-state index in [0.717, 1.165) is 11.1 Å². The second-order valence-corrected chi connectivity index (χ2v) is 7.82. The molecule has 2 aromatic carbocycles. The van der Waals surface area contributed by atoms with Gasteiger partial charge in [-0.05, 0) is 36.2 Å². The molecular weight excluding hydrogens is 408 g/mol. The molecule has 0 aliphatic carbocycles. The summed E-state index contributed by atoms with van der Waals surface area (Å²) < 4.78 is 5.76. The van der Waals surface area contributed by atoms with Gasteiger partial charge in [0.2, 0.25) is 11.8 Å². The lowest BCUT2D eigenvalue weighted by Gasteiger charge is -2.18. The fraction of sp³-hybridized carbons (Fsp3) is 0.250. The number of anilines is 1. The number of aryl methyl sites for hydroxylation is 1. The van der Waals surface area contributed by atoms with Crippen molar-refractivity contribution in [3.63, 3.8) is 0 Å². The van der Waals surface area contributed by atoms with E-state index in [1.807, 2.05) is 25.1 Å². The quantitative estimate of drug-likeness (QED) is 0.581. The van der Waals surface area contributed by atoms with Crippen molar-refractivity contribution < 1.29 is 19.4 Å². The first kappa shape index (κ1) is 21.5. The molecule has 2 amide bonds. The zero-order chi connectivity index (χ0) is 22.7. The Kier molecular flexibility index (Phi) is 6.13. The van der Waals surface area contributed by atoms with E-state index in [-0.39, 0.29) is 24.4 Å². The Morgan fingerprint density at radius 2 is 1.94 bits per heavy atom. The molecule has 1 aliphatic rings. The maximum atomic E-state index is 13.1. The molecule has 3 aromatic rings. The van der Waals surface area contributed by atoms with Crippen LogP contribution in [0.1, 0.15) is 22.6 Å². The normalized spacial score (nSPS) is 18.0. The summed E-state index contributed by atoms with van der Waals surface area (Å²) >= 11 is 0. The van der Waals surface area contributed by atoms with Gasteiger partial charge >= 0.3 is 6.01 Å².